The first-order chi connectivity index (χ1) is 9.36. The highest BCUT2D eigenvalue weighted by Gasteiger charge is 2.10. The number of anilines is 1. The maximum Gasteiger partial charge on any atom is 0.144 e. The van der Waals surface area contributed by atoms with Gasteiger partial charge in [0, 0.05) is 11.8 Å². The Kier molecular flexibility index (Phi) is 6.93. The number of hydrogen-bond donors (Lipinski definition) is 1. The summed E-state index contributed by atoms with van der Waals surface area (Å²) in [5.41, 5.74) is 6.75. The average molecular weight is 278 g/mol. The molecule has 1 aromatic rings. The SMILES string of the molecule is Cc1cc(N)nc(CN(CCC(C)C)CCC(C)C)n1. The van der Waals surface area contributed by atoms with Crippen molar-refractivity contribution < 1.29 is 0 Å². The molecule has 20 heavy (non-hydrogen) atoms. The van der Waals surface area contributed by atoms with Gasteiger partial charge in [-0.05, 0) is 44.7 Å². The van der Waals surface area contributed by atoms with Gasteiger partial charge in [-0.1, -0.05) is 27.7 Å². The van der Waals surface area contributed by atoms with Crippen LogP contribution in [0.2, 0.25) is 0 Å². The van der Waals surface area contributed by atoms with E-state index in [4.69, 9.17) is 5.73 Å². The third-order valence-electron chi connectivity index (χ3n) is 3.33. The Morgan fingerprint density at radius 1 is 1.05 bits per heavy atom. The lowest BCUT2D eigenvalue weighted by molar-refractivity contribution is 0.230. The Balaban J connectivity index is 2.66. The molecule has 2 N–H and O–H groups in total. The van der Waals surface area contributed by atoms with Crippen molar-refractivity contribution in [2.45, 2.75) is 54.0 Å². The number of nitrogens with zero attached hydrogens (tertiary/aromatic N) is 3. The van der Waals surface area contributed by atoms with E-state index >= 15 is 0 Å². The minimum atomic E-state index is 0.570. The molecule has 114 valence electrons. The summed E-state index contributed by atoms with van der Waals surface area (Å²) in [4.78, 5) is 11.3. The normalized spacial score (nSPS) is 11.8. The van der Waals surface area contributed by atoms with E-state index in [9.17, 15) is 0 Å². The molecule has 1 aromatic heterocycles. The predicted octanol–water partition coefficient (Wildman–Crippen LogP) is 3.26. The molecule has 0 aliphatic carbocycles. The van der Waals surface area contributed by atoms with Gasteiger partial charge < -0.3 is 5.73 Å². The largest absolute Gasteiger partial charge is 0.384 e. The quantitative estimate of drug-likeness (QED) is 0.793. The minimum absolute atomic E-state index is 0.570. The Hall–Kier alpha value is -1.16. The highest BCUT2D eigenvalue weighted by molar-refractivity contribution is 5.29. The topological polar surface area (TPSA) is 55.0 Å². The van der Waals surface area contributed by atoms with Crippen LogP contribution in [0.1, 0.15) is 52.1 Å². The Morgan fingerprint density at radius 3 is 2.05 bits per heavy atom. The predicted molar refractivity (Wildman–Crippen MR) is 85.4 cm³/mol. The molecule has 1 rings (SSSR count). The van der Waals surface area contributed by atoms with Crippen molar-refractivity contribution in [3.63, 3.8) is 0 Å². The summed E-state index contributed by atoms with van der Waals surface area (Å²) in [6.45, 7) is 14.0. The van der Waals surface area contributed by atoms with Crippen LogP contribution in [0.25, 0.3) is 0 Å². The fourth-order valence-corrected chi connectivity index (χ4v) is 2.08. The summed E-state index contributed by atoms with van der Waals surface area (Å²) in [5.74, 6) is 2.86. The molecule has 0 aromatic carbocycles. The first-order valence-electron chi connectivity index (χ1n) is 7.69. The zero-order valence-electron chi connectivity index (χ0n) is 13.7. The fraction of sp³-hybridized carbons (Fsp3) is 0.750. The van der Waals surface area contributed by atoms with Gasteiger partial charge in [0.25, 0.3) is 0 Å². The minimum Gasteiger partial charge on any atom is -0.384 e. The van der Waals surface area contributed by atoms with E-state index in [-0.39, 0.29) is 0 Å². The van der Waals surface area contributed by atoms with Crippen LogP contribution in [-0.2, 0) is 6.54 Å². The van der Waals surface area contributed by atoms with E-state index in [2.05, 4.69) is 42.6 Å². The molecular weight excluding hydrogens is 248 g/mol. The highest BCUT2D eigenvalue weighted by atomic mass is 15.1. The molecule has 4 heteroatoms. The van der Waals surface area contributed by atoms with Gasteiger partial charge in [-0.15, -0.1) is 0 Å². The van der Waals surface area contributed by atoms with Gasteiger partial charge in [0.05, 0.1) is 6.54 Å². The third-order valence-corrected chi connectivity index (χ3v) is 3.33. The molecule has 0 aliphatic heterocycles. The van der Waals surface area contributed by atoms with Crippen LogP contribution in [0.15, 0.2) is 6.07 Å². The number of aromatic nitrogens is 2. The first kappa shape index (κ1) is 16.9. The van der Waals surface area contributed by atoms with Crippen molar-refractivity contribution in [2.24, 2.45) is 11.8 Å². The summed E-state index contributed by atoms with van der Waals surface area (Å²) in [7, 11) is 0. The van der Waals surface area contributed by atoms with Crippen molar-refractivity contribution in [1.82, 2.24) is 14.9 Å². The van der Waals surface area contributed by atoms with Gasteiger partial charge >= 0.3 is 0 Å². The number of nitrogens with two attached hydrogens (primary N) is 1. The van der Waals surface area contributed by atoms with Crippen molar-refractivity contribution in [1.29, 1.82) is 0 Å². The van der Waals surface area contributed by atoms with Gasteiger partial charge in [-0.3, -0.25) is 4.90 Å². The van der Waals surface area contributed by atoms with E-state index < -0.39 is 0 Å². The van der Waals surface area contributed by atoms with Gasteiger partial charge in [-0.2, -0.15) is 0 Å². The van der Waals surface area contributed by atoms with Crippen LogP contribution in [0.5, 0.6) is 0 Å². The van der Waals surface area contributed by atoms with Gasteiger partial charge in [0.2, 0.25) is 0 Å². The highest BCUT2D eigenvalue weighted by Crippen LogP contribution is 2.10. The summed E-state index contributed by atoms with van der Waals surface area (Å²) < 4.78 is 0. The van der Waals surface area contributed by atoms with E-state index in [1.54, 1.807) is 0 Å². The number of nitrogen functional groups attached to an aromatic ring is 1. The number of rotatable bonds is 8. The number of aryl methyl sites for hydroxylation is 1. The van der Waals surface area contributed by atoms with E-state index in [1.165, 1.54) is 12.8 Å². The fourth-order valence-electron chi connectivity index (χ4n) is 2.08. The van der Waals surface area contributed by atoms with Gasteiger partial charge in [-0.25, -0.2) is 9.97 Å². The molecule has 0 unspecified atom stereocenters. The van der Waals surface area contributed by atoms with Crippen LogP contribution in [-0.4, -0.2) is 28.0 Å². The van der Waals surface area contributed by atoms with Gasteiger partial charge in [0.1, 0.15) is 11.6 Å². The van der Waals surface area contributed by atoms with Crippen LogP contribution >= 0.6 is 0 Å². The second-order valence-electron chi connectivity index (χ2n) is 6.49. The molecule has 0 aliphatic rings. The molecule has 0 fully saturated rings. The average Bonchev–Trinajstić information content (AvgIpc) is 2.31. The molecule has 1 heterocycles. The Bertz CT molecular complexity index is 369. The van der Waals surface area contributed by atoms with E-state index in [1.807, 2.05) is 13.0 Å². The first-order valence-corrected chi connectivity index (χ1v) is 7.69. The molecule has 0 amide bonds. The lowest BCUT2D eigenvalue weighted by atomic mass is 10.1. The molecule has 4 nitrogen and oxygen atoms in total. The Labute approximate surface area is 123 Å². The van der Waals surface area contributed by atoms with Crippen molar-refractivity contribution in [3.05, 3.63) is 17.6 Å². The maximum atomic E-state index is 5.81. The van der Waals surface area contributed by atoms with Crippen molar-refractivity contribution in [2.75, 3.05) is 18.8 Å². The van der Waals surface area contributed by atoms with Crippen molar-refractivity contribution >= 4 is 5.82 Å². The van der Waals surface area contributed by atoms with Crippen LogP contribution in [0, 0.1) is 18.8 Å². The molecule has 0 saturated heterocycles. The molecule has 0 radical (unpaired) electrons. The monoisotopic (exact) mass is 278 g/mol. The smallest absolute Gasteiger partial charge is 0.144 e. The standard InChI is InChI=1S/C16H30N4/c1-12(2)6-8-20(9-7-13(3)4)11-16-18-14(5)10-15(17)19-16/h10,12-13H,6-9,11H2,1-5H3,(H2,17,18,19). The zero-order valence-corrected chi connectivity index (χ0v) is 13.7. The van der Waals surface area contributed by atoms with Crippen LogP contribution in [0.4, 0.5) is 5.82 Å². The van der Waals surface area contributed by atoms with E-state index in [0.29, 0.717) is 5.82 Å². The zero-order chi connectivity index (χ0) is 15.1. The second kappa shape index (κ2) is 8.20. The molecule has 0 bridgehead atoms. The molecular formula is C16H30N4. The van der Waals surface area contributed by atoms with Gasteiger partial charge in [0.15, 0.2) is 0 Å². The third kappa shape index (κ3) is 6.85. The lowest BCUT2D eigenvalue weighted by Gasteiger charge is -2.23. The summed E-state index contributed by atoms with van der Waals surface area (Å²) in [5, 5.41) is 0. The van der Waals surface area contributed by atoms with Crippen LogP contribution < -0.4 is 5.73 Å². The molecule has 0 saturated carbocycles. The molecule has 0 atom stereocenters. The summed E-state index contributed by atoms with van der Waals surface area (Å²) in [6, 6.07) is 1.82. The lowest BCUT2D eigenvalue weighted by Crippen LogP contribution is -2.28. The van der Waals surface area contributed by atoms with Crippen molar-refractivity contribution in [3.8, 4) is 0 Å². The maximum absolute atomic E-state index is 5.81. The summed E-state index contributed by atoms with van der Waals surface area (Å²) >= 11 is 0. The summed E-state index contributed by atoms with van der Waals surface area (Å²) in [6.07, 6.45) is 2.42. The molecule has 0 spiro atoms. The van der Waals surface area contributed by atoms with E-state index in [0.717, 1.165) is 43.0 Å². The van der Waals surface area contributed by atoms with Crippen LogP contribution in [0.3, 0.4) is 0 Å². The second-order valence-corrected chi connectivity index (χ2v) is 6.49. The Morgan fingerprint density at radius 2 is 1.60 bits per heavy atom. The number of hydrogen-bond acceptors (Lipinski definition) is 4.